The smallest absolute Gasteiger partial charge is 0.269 e. The first-order chi connectivity index (χ1) is 12.6. The van der Waals surface area contributed by atoms with Gasteiger partial charge < -0.3 is 10.6 Å². The van der Waals surface area contributed by atoms with Crippen molar-refractivity contribution in [1.82, 2.24) is 14.7 Å². The van der Waals surface area contributed by atoms with Gasteiger partial charge in [0, 0.05) is 24.1 Å². The molecule has 3 aromatic rings. The molecule has 2 N–H and O–H groups in total. The number of aromatic nitrogens is 2. The molecule has 1 aliphatic rings. The molecule has 2 aromatic carbocycles. The zero-order valence-electron chi connectivity index (χ0n) is 14.1. The predicted octanol–water partition coefficient (Wildman–Crippen LogP) is 2.17. The molecule has 0 saturated heterocycles. The Kier molecular flexibility index (Phi) is 4.01. The van der Waals surface area contributed by atoms with Crippen LogP contribution in [0.2, 0.25) is 0 Å². The zero-order valence-corrected chi connectivity index (χ0v) is 14.1. The Labute approximate surface area is 150 Å². The van der Waals surface area contributed by atoms with E-state index >= 15 is 0 Å². The lowest BCUT2D eigenvalue weighted by molar-refractivity contribution is 0.0731. The summed E-state index contributed by atoms with van der Waals surface area (Å²) in [5.41, 5.74) is 8.95. The van der Waals surface area contributed by atoms with Crippen molar-refractivity contribution in [2.45, 2.75) is 13.0 Å². The van der Waals surface area contributed by atoms with Gasteiger partial charge in [0.1, 0.15) is 0 Å². The van der Waals surface area contributed by atoms with Gasteiger partial charge in [0.2, 0.25) is 0 Å². The summed E-state index contributed by atoms with van der Waals surface area (Å²) >= 11 is 0. The first kappa shape index (κ1) is 16.1. The van der Waals surface area contributed by atoms with Crippen molar-refractivity contribution in [2.24, 2.45) is 5.73 Å². The van der Waals surface area contributed by atoms with Gasteiger partial charge >= 0.3 is 0 Å². The van der Waals surface area contributed by atoms with E-state index in [9.17, 15) is 9.59 Å². The van der Waals surface area contributed by atoms with Gasteiger partial charge in [-0.1, -0.05) is 36.4 Å². The highest BCUT2D eigenvalue weighted by Gasteiger charge is 2.30. The Balaban J connectivity index is 1.72. The first-order valence-electron chi connectivity index (χ1n) is 8.45. The van der Waals surface area contributed by atoms with Crippen molar-refractivity contribution in [3.8, 4) is 5.69 Å². The largest absolute Gasteiger partial charge is 0.364 e. The number of rotatable bonds is 3. The molecular weight excluding hydrogens is 328 g/mol. The lowest BCUT2D eigenvalue weighted by Gasteiger charge is -2.28. The SMILES string of the molecule is NC(=O)c1nn(-c2ccccc2)c2c1CN(C(=O)c1ccccc1)CC2. The average molecular weight is 346 g/mol. The van der Waals surface area contributed by atoms with Crippen molar-refractivity contribution < 1.29 is 9.59 Å². The second kappa shape index (κ2) is 6.48. The molecule has 0 radical (unpaired) electrons. The van der Waals surface area contributed by atoms with Gasteiger partial charge in [-0.2, -0.15) is 5.10 Å². The minimum absolute atomic E-state index is 0.0564. The van der Waals surface area contributed by atoms with Crippen LogP contribution in [0.15, 0.2) is 60.7 Å². The van der Waals surface area contributed by atoms with Crippen molar-refractivity contribution in [2.75, 3.05) is 6.54 Å². The number of primary amides is 1. The Hall–Kier alpha value is -3.41. The average Bonchev–Trinajstić information content (AvgIpc) is 3.08. The van der Waals surface area contributed by atoms with E-state index < -0.39 is 5.91 Å². The Morgan fingerprint density at radius 2 is 1.62 bits per heavy atom. The Morgan fingerprint density at radius 1 is 0.962 bits per heavy atom. The predicted molar refractivity (Wildman–Crippen MR) is 97.0 cm³/mol. The van der Waals surface area contributed by atoms with Gasteiger partial charge in [-0.3, -0.25) is 9.59 Å². The summed E-state index contributed by atoms with van der Waals surface area (Å²) in [5.74, 6) is -0.635. The van der Waals surface area contributed by atoms with Crippen LogP contribution in [0.25, 0.3) is 5.69 Å². The molecule has 4 rings (SSSR count). The number of para-hydroxylation sites is 1. The van der Waals surface area contributed by atoms with E-state index in [-0.39, 0.29) is 11.6 Å². The summed E-state index contributed by atoms with van der Waals surface area (Å²) in [4.78, 5) is 26.4. The third kappa shape index (κ3) is 2.75. The molecule has 0 saturated carbocycles. The number of hydrogen-bond acceptors (Lipinski definition) is 3. The van der Waals surface area contributed by atoms with Crippen LogP contribution in [0.5, 0.6) is 0 Å². The molecule has 0 fully saturated rings. The van der Waals surface area contributed by atoms with Gasteiger partial charge in [-0.05, 0) is 24.3 Å². The molecule has 2 heterocycles. The number of nitrogens with zero attached hydrogens (tertiary/aromatic N) is 3. The van der Waals surface area contributed by atoms with Crippen molar-refractivity contribution >= 4 is 11.8 Å². The first-order valence-corrected chi connectivity index (χ1v) is 8.45. The lowest BCUT2D eigenvalue weighted by atomic mass is 10.0. The second-order valence-electron chi connectivity index (χ2n) is 6.23. The van der Waals surface area contributed by atoms with Crippen molar-refractivity contribution in [1.29, 1.82) is 0 Å². The van der Waals surface area contributed by atoms with Crippen LogP contribution in [0.1, 0.15) is 32.1 Å². The standard InChI is InChI=1S/C20H18N4O2/c21-19(25)18-16-13-23(20(26)14-7-3-1-4-8-14)12-11-17(16)24(22-18)15-9-5-2-6-10-15/h1-10H,11-13H2,(H2,21,25). The van der Waals surface area contributed by atoms with Crippen LogP contribution >= 0.6 is 0 Å². The molecule has 0 bridgehead atoms. The third-order valence-electron chi connectivity index (χ3n) is 4.60. The molecule has 1 aliphatic heterocycles. The van der Waals surface area contributed by atoms with Gasteiger partial charge in [0.05, 0.1) is 17.9 Å². The fourth-order valence-corrected chi connectivity index (χ4v) is 3.34. The molecule has 1 aromatic heterocycles. The zero-order chi connectivity index (χ0) is 18.1. The summed E-state index contributed by atoms with van der Waals surface area (Å²) in [7, 11) is 0. The lowest BCUT2D eigenvalue weighted by Crippen LogP contribution is -2.36. The van der Waals surface area contributed by atoms with Crippen LogP contribution in [0.3, 0.4) is 0 Å². The van der Waals surface area contributed by atoms with Gasteiger partial charge in [-0.15, -0.1) is 0 Å². The van der Waals surface area contributed by atoms with E-state index in [1.54, 1.807) is 21.7 Å². The number of nitrogens with two attached hydrogens (primary N) is 1. The quantitative estimate of drug-likeness (QED) is 0.789. The van der Waals surface area contributed by atoms with Gasteiger partial charge in [0.25, 0.3) is 11.8 Å². The molecule has 2 amide bonds. The maximum absolute atomic E-state index is 12.8. The molecule has 6 nitrogen and oxygen atoms in total. The van der Waals surface area contributed by atoms with Crippen LogP contribution < -0.4 is 5.73 Å². The molecule has 0 atom stereocenters. The summed E-state index contributed by atoms with van der Waals surface area (Å²) in [5, 5.41) is 4.43. The highest BCUT2D eigenvalue weighted by molar-refractivity contribution is 5.95. The van der Waals surface area contributed by atoms with E-state index in [0.717, 1.165) is 16.9 Å². The molecule has 26 heavy (non-hydrogen) atoms. The topological polar surface area (TPSA) is 81.2 Å². The van der Waals surface area contributed by atoms with Gasteiger partial charge in [0.15, 0.2) is 5.69 Å². The summed E-state index contributed by atoms with van der Waals surface area (Å²) in [6.07, 6.45) is 0.614. The number of carbonyl (C=O) groups is 2. The number of amides is 2. The number of fused-ring (bicyclic) bond motifs is 1. The monoisotopic (exact) mass is 346 g/mol. The Morgan fingerprint density at radius 3 is 2.27 bits per heavy atom. The fourth-order valence-electron chi connectivity index (χ4n) is 3.34. The maximum Gasteiger partial charge on any atom is 0.269 e. The highest BCUT2D eigenvalue weighted by Crippen LogP contribution is 2.26. The van der Waals surface area contributed by atoms with E-state index in [2.05, 4.69) is 5.10 Å². The number of benzene rings is 2. The van der Waals surface area contributed by atoms with Crippen LogP contribution in [0, 0.1) is 0 Å². The second-order valence-corrected chi connectivity index (χ2v) is 6.23. The van der Waals surface area contributed by atoms with E-state index in [1.165, 1.54) is 0 Å². The highest BCUT2D eigenvalue weighted by atomic mass is 16.2. The summed E-state index contributed by atoms with van der Waals surface area (Å²) in [6, 6.07) is 18.8. The fraction of sp³-hybridized carbons (Fsp3) is 0.150. The molecule has 0 unspecified atom stereocenters. The molecule has 0 spiro atoms. The number of hydrogen-bond donors (Lipinski definition) is 1. The molecular formula is C20H18N4O2. The van der Waals surface area contributed by atoms with E-state index in [1.807, 2.05) is 48.5 Å². The van der Waals surface area contributed by atoms with E-state index in [0.29, 0.717) is 25.1 Å². The Bertz CT molecular complexity index is 964. The third-order valence-corrected chi connectivity index (χ3v) is 4.60. The van der Waals surface area contributed by atoms with Gasteiger partial charge in [-0.25, -0.2) is 4.68 Å². The van der Waals surface area contributed by atoms with Crippen LogP contribution in [0.4, 0.5) is 0 Å². The summed E-state index contributed by atoms with van der Waals surface area (Å²) in [6.45, 7) is 0.894. The van der Waals surface area contributed by atoms with Crippen molar-refractivity contribution in [3.05, 3.63) is 83.2 Å². The normalized spacial score (nSPS) is 13.3. The van der Waals surface area contributed by atoms with Crippen LogP contribution in [-0.4, -0.2) is 33.0 Å². The molecule has 0 aliphatic carbocycles. The summed E-state index contributed by atoms with van der Waals surface area (Å²) < 4.78 is 1.76. The maximum atomic E-state index is 12.8. The minimum atomic E-state index is -0.579. The van der Waals surface area contributed by atoms with Crippen molar-refractivity contribution in [3.63, 3.8) is 0 Å². The van der Waals surface area contributed by atoms with E-state index in [4.69, 9.17) is 5.73 Å². The number of carbonyl (C=O) groups excluding carboxylic acids is 2. The minimum Gasteiger partial charge on any atom is -0.364 e. The molecule has 130 valence electrons. The van der Waals surface area contributed by atoms with Crippen LogP contribution in [-0.2, 0) is 13.0 Å². The molecule has 6 heteroatoms.